The summed E-state index contributed by atoms with van der Waals surface area (Å²) in [6.45, 7) is 0.00722. The van der Waals surface area contributed by atoms with Crippen molar-refractivity contribution in [1.29, 1.82) is 0 Å². The van der Waals surface area contributed by atoms with E-state index in [1.807, 2.05) is 27.2 Å². The summed E-state index contributed by atoms with van der Waals surface area (Å²) in [5.41, 5.74) is 1.63. The van der Waals surface area contributed by atoms with Gasteiger partial charge in [0, 0.05) is 6.07 Å². The van der Waals surface area contributed by atoms with E-state index < -0.39 is 0 Å². The summed E-state index contributed by atoms with van der Waals surface area (Å²) in [6, 6.07) is 5.15. The summed E-state index contributed by atoms with van der Waals surface area (Å²) < 4.78 is 0.541. The molecule has 1 aromatic carbocycles. The molecule has 0 heterocycles. The van der Waals surface area contributed by atoms with Gasteiger partial charge in [0.15, 0.2) is 11.4 Å². The minimum atomic E-state index is 0.00722. The van der Waals surface area contributed by atoms with Crippen LogP contribution in [0, 0.1) is 0 Å². The minimum Gasteiger partial charge on any atom is -0.503 e. The molecule has 3 nitrogen and oxygen atoms in total. The Morgan fingerprint density at radius 3 is 2.31 bits per heavy atom. The van der Waals surface area contributed by atoms with E-state index in [1.165, 1.54) is 0 Å². The Kier molecular flexibility index (Phi) is 2.59. The van der Waals surface area contributed by atoms with Crippen LogP contribution < -0.4 is 4.48 Å². The fourth-order valence-electron chi connectivity index (χ4n) is 1.20. The van der Waals surface area contributed by atoms with Crippen LogP contribution in [0.1, 0.15) is 5.56 Å². The summed E-state index contributed by atoms with van der Waals surface area (Å²) in [5, 5.41) is 18.5. The van der Waals surface area contributed by atoms with Crippen molar-refractivity contribution in [3.05, 3.63) is 23.8 Å². The number of hydrogen-bond donors (Lipinski definition) is 2. The van der Waals surface area contributed by atoms with Gasteiger partial charge >= 0.3 is 0 Å². The molecule has 0 amide bonds. The minimum absolute atomic E-state index is 0.00722. The van der Waals surface area contributed by atoms with Crippen molar-refractivity contribution >= 4 is 5.69 Å². The number of nitrogens with zero attached hydrogens (tertiary/aromatic N) is 1. The molecule has 0 aliphatic heterocycles. The van der Waals surface area contributed by atoms with Crippen molar-refractivity contribution in [1.82, 2.24) is 4.48 Å². The Labute approximate surface area is 78.4 Å². The van der Waals surface area contributed by atoms with Crippen LogP contribution in [0.2, 0.25) is 0 Å². The van der Waals surface area contributed by atoms with E-state index in [1.54, 1.807) is 12.1 Å². The monoisotopic (exact) mass is 182 g/mol. The Bertz CT molecular complexity index is 302. The maximum Gasteiger partial charge on any atom is 0.177 e. The first-order valence-electron chi connectivity index (χ1n) is 4.20. The van der Waals surface area contributed by atoms with Crippen LogP contribution in [0.25, 0.3) is 0 Å². The van der Waals surface area contributed by atoms with Gasteiger partial charge in [0.05, 0.1) is 27.7 Å². The SMILES string of the molecule is C[N+](C)(C)c1cc(CO)ccc1O. The number of benzene rings is 1. The molecule has 0 bridgehead atoms. The second-order valence-electron chi connectivity index (χ2n) is 3.99. The third-order valence-corrected chi connectivity index (χ3v) is 1.95. The van der Waals surface area contributed by atoms with Crippen LogP contribution in [-0.4, -0.2) is 31.4 Å². The Hall–Kier alpha value is -1.06. The predicted molar refractivity (Wildman–Crippen MR) is 53.6 cm³/mol. The van der Waals surface area contributed by atoms with Crippen LogP contribution in [0.15, 0.2) is 18.2 Å². The van der Waals surface area contributed by atoms with Gasteiger partial charge in [-0.05, 0) is 11.6 Å². The molecule has 0 aliphatic rings. The van der Waals surface area contributed by atoms with Crippen LogP contribution in [0.5, 0.6) is 5.75 Å². The quantitative estimate of drug-likeness (QED) is 0.672. The van der Waals surface area contributed by atoms with Gasteiger partial charge in [-0.1, -0.05) is 6.07 Å². The molecule has 0 unspecified atom stereocenters. The highest BCUT2D eigenvalue weighted by Gasteiger charge is 2.17. The number of aliphatic hydroxyl groups excluding tert-OH is 1. The molecule has 0 radical (unpaired) electrons. The Balaban J connectivity index is 3.19. The molecule has 1 aromatic rings. The van der Waals surface area contributed by atoms with Crippen molar-refractivity contribution in [2.75, 3.05) is 21.1 Å². The Morgan fingerprint density at radius 1 is 1.23 bits per heavy atom. The summed E-state index contributed by atoms with van der Waals surface area (Å²) in [5.74, 6) is 0.268. The zero-order chi connectivity index (χ0) is 10.1. The number of quaternary nitrogens is 1. The number of phenolic OH excluding ortho intramolecular Hbond substituents is 1. The van der Waals surface area contributed by atoms with Gasteiger partial charge in [-0.15, -0.1) is 0 Å². The van der Waals surface area contributed by atoms with Crippen molar-refractivity contribution in [3.63, 3.8) is 0 Å². The van der Waals surface area contributed by atoms with Gasteiger partial charge in [-0.2, -0.15) is 0 Å². The number of aromatic hydroxyl groups is 1. The lowest BCUT2D eigenvalue weighted by molar-refractivity contribution is 0.281. The van der Waals surface area contributed by atoms with Gasteiger partial charge in [0.2, 0.25) is 0 Å². The van der Waals surface area contributed by atoms with Crippen molar-refractivity contribution in [3.8, 4) is 5.75 Å². The van der Waals surface area contributed by atoms with Crippen LogP contribution in [0.4, 0.5) is 5.69 Å². The molecule has 13 heavy (non-hydrogen) atoms. The normalized spacial score (nSPS) is 11.7. The van der Waals surface area contributed by atoms with Crippen molar-refractivity contribution in [2.24, 2.45) is 0 Å². The molecule has 0 aliphatic carbocycles. The second-order valence-corrected chi connectivity index (χ2v) is 3.99. The van der Waals surface area contributed by atoms with Crippen LogP contribution in [-0.2, 0) is 6.61 Å². The second kappa shape index (κ2) is 3.36. The molecular weight excluding hydrogens is 166 g/mol. The van der Waals surface area contributed by atoms with Crippen LogP contribution >= 0.6 is 0 Å². The zero-order valence-corrected chi connectivity index (χ0v) is 8.28. The lowest BCUT2D eigenvalue weighted by Crippen LogP contribution is -2.34. The van der Waals surface area contributed by atoms with E-state index in [4.69, 9.17) is 5.11 Å². The van der Waals surface area contributed by atoms with Gasteiger partial charge in [0.25, 0.3) is 0 Å². The average Bonchev–Trinajstić information content (AvgIpc) is 2.03. The van der Waals surface area contributed by atoms with E-state index in [2.05, 4.69) is 0 Å². The molecule has 0 saturated heterocycles. The van der Waals surface area contributed by atoms with Crippen molar-refractivity contribution < 1.29 is 10.2 Å². The number of hydrogen-bond acceptors (Lipinski definition) is 2. The van der Waals surface area contributed by atoms with E-state index in [0.717, 1.165) is 11.3 Å². The van der Waals surface area contributed by atoms with Gasteiger partial charge in [0.1, 0.15) is 0 Å². The van der Waals surface area contributed by atoms with E-state index in [9.17, 15) is 5.11 Å². The first-order valence-corrected chi connectivity index (χ1v) is 4.20. The topological polar surface area (TPSA) is 40.5 Å². The smallest absolute Gasteiger partial charge is 0.177 e. The predicted octanol–water partition coefficient (Wildman–Crippen LogP) is 1.08. The van der Waals surface area contributed by atoms with E-state index in [0.29, 0.717) is 4.48 Å². The molecule has 2 N–H and O–H groups in total. The molecule has 0 fully saturated rings. The largest absolute Gasteiger partial charge is 0.503 e. The summed E-state index contributed by atoms with van der Waals surface area (Å²) in [6.07, 6.45) is 0. The molecule has 1 rings (SSSR count). The number of rotatable bonds is 2. The maximum absolute atomic E-state index is 9.57. The molecule has 3 heteroatoms. The molecule has 0 aromatic heterocycles. The lowest BCUT2D eigenvalue weighted by Gasteiger charge is -2.24. The summed E-state index contributed by atoms with van der Waals surface area (Å²) in [4.78, 5) is 0. The van der Waals surface area contributed by atoms with Gasteiger partial charge in [-0.3, -0.25) is 4.48 Å². The average molecular weight is 182 g/mol. The molecule has 0 spiro atoms. The molecule has 0 saturated carbocycles. The highest BCUT2D eigenvalue weighted by Crippen LogP contribution is 2.29. The highest BCUT2D eigenvalue weighted by atomic mass is 16.3. The third-order valence-electron chi connectivity index (χ3n) is 1.95. The number of aliphatic hydroxyl groups is 1. The molecule has 0 atom stereocenters. The van der Waals surface area contributed by atoms with E-state index >= 15 is 0 Å². The van der Waals surface area contributed by atoms with Crippen LogP contribution in [0.3, 0.4) is 0 Å². The first kappa shape index (κ1) is 10.0. The highest BCUT2D eigenvalue weighted by molar-refractivity contribution is 5.55. The number of phenols is 1. The van der Waals surface area contributed by atoms with E-state index in [-0.39, 0.29) is 12.4 Å². The Morgan fingerprint density at radius 2 is 1.85 bits per heavy atom. The molecular formula is C10H16NO2+. The standard InChI is InChI=1S/C10H15NO2/c1-11(2,3)9-6-8(7-12)4-5-10(9)13/h4-6,12H,7H2,1-3H3/p+1. The summed E-state index contributed by atoms with van der Waals surface area (Å²) in [7, 11) is 5.91. The molecule has 72 valence electrons. The first-order chi connectivity index (χ1) is 5.95. The maximum atomic E-state index is 9.57. The van der Waals surface area contributed by atoms with Crippen molar-refractivity contribution in [2.45, 2.75) is 6.61 Å². The summed E-state index contributed by atoms with van der Waals surface area (Å²) >= 11 is 0. The fourth-order valence-corrected chi connectivity index (χ4v) is 1.20. The van der Waals surface area contributed by atoms with Gasteiger partial charge < -0.3 is 10.2 Å². The third kappa shape index (κ3) is 2.20. The lowest BCUT2D eigenvalue weighted by atomic mass is 10.1. The fraction of sp³-hybridized carbons (Fsp3) is 0.400. The zero-order valence-electron chi connectivity index (χ0n) is 8.28. The van der Waals surface area contributed by atoms with Gasteiger partial charge in [-0.25, -0.2) is 0 Å².